The molecule has 0 unspecified atom stereocenters. The first kappa shape index (κ1) is 21.4. The fourth-order valence-electron chi connectivity index (χ4n) is 5.56. The number of carbonyl (C=O) groups is 1. The lowest BCUT2D eigenvalue weighted by Crippen LogP contribution is -2.53. The number of amides is 1. The molecular weight excluding hydrogens is 404 g/mol. The Labute approximate surface area is 182 Å². The van der Waals surface area contributed by atoms with Crippen LogP contribution in [0.15, 0.2) is 23.0 Å². The highest BCUT2D eigenvalue weighted by molar-refractivity contribution is 5.97. The summed E-state index contributed by atoms with van der Waals surface area (Å²) in [6.45, 7) is 2.69. The average Bonchev–Trinajstić information content (AvgIpc) is 3.08. The van der Waals surface area contributed by atoms with Crippen molar-refractivity contribution >= 4 is 29.3 Å². The second-order valence-electron chi connectivity index (χ2n) is 9.00. The van der Waals surface area contributed by atoms with Crippen LogP contribution >= 0.6 is 12.4 Å². The third kappa shape index (κ3) is 3.90. The number of carbonyl (C=O) groups excluding carboxylic acids is 1. The number of imidazole rings is 1. The molecule has 3 heterocycles. The predicted octanol–water partition coefficient (Wildman–Crippen LogP) is 2.44. The molecule has 0 spiro atoms. The zero-order valence-electron chi connectivity index (χ0n) is 17.2. The van der Waals surface area contributed by atoms with Crippen LogP contribution in [0.3, 0.4) is 0 Å². The van der Waals surface area contributed by atoms with Gasteiger partial charge in [0.15, 0.2) is 0 Å². The maximum atomic E-state index is 13.1. The van der Waals surface area contributed by atoms with Gasteiger partial charge in [-0.1, -0.05) is 0 Å². The molecule has 1 saturated carbocycles. The van der Waals surface area contributed by atoms with Crippen molar-refractivity contribution in [2.75, 3.05) is 19.6 Å². The Kier molecular flexibility index (Phi) is 6.23. The largest absolute Gasteiger partial charge is 0.393 e. The fraction of sp³-hybridized carbons (Fsp3) is 0.636. The Balaban J connectivity index is 0.00000218. The van der Waals surface area contributed by atoms with Gasteiger partial charge >= 0.3 is 5.69 Å². The van der Waals surface area contributed by atoms with E-state index in [0.29, 0.717) is 17.5 Å². The van der Waals surface area contributed by atoms with E-state index < -0.39 is 0 Å². The minimum absolute atomic E-state index is 0. The maximum Gasteiger partial charge on any atom is 0.326 e. The van der Waals surface area contributed by atoms with E-state index in [4.69, 9.17) is 0 Å². The molecular formula is C22H31ClN4O3. The van der Waals surface area contributed by atoms with Gasteiger partial charge in [0.25, 0.3) is 5.91 Å². The molecule has 0 bridgehead atoms. The second-order valence-corrected chi connectivity index (χ2v) is 9.00. The van der Waals surface area contributed by atoms with E-state index in [1.807, 2.05) is 27.7 Å². The normalized spacial score (nSPS) is 29.3. The molecule has 30 heavy (non-hydrogen) atoms. The molecule has 3 aliphatic rings. The minimum atomic E-state index is -0.250. The van der Waals surface area contributed by atoms with Gasteiger partial charge in [-0.25, -0.2) is 4.79 Å². The molecule has 164 valence electrons. The Morgan fingerprint density at radius 3 is 2.70 bits per heavy atom. The number of piperidine rings is 2. The number of aliphatic hydroxyl groups is 1. The summed E-state index contributed by atoms with van der Waals surface area (Å²) >= 11 is 0. The van der Waals surface area contributed by atoms with Gasteiger partial charge in [-0.2, -0.15) is 0 Å². The van der Waals surface area contributed by atoms with Crippen LogP contribution in [0.4, 0.5) is 0 Å². The van der Waals surface area contributed by atoms with Crippen molar-refractivity contribution in [3.63, 3.8) is 0 Å². The lowest BCUT2D eigenvalue weighted by Gasteiger charge is -2.41. The summed E-state index contributed by atoms with van der Waals surface area (Å²) < 4.78 is 1.81. The number of aliphatic hydroxyl groups excluding tert-OH is 1. The summed E-state index contributed by atoms with van der Waals surface area (Å²) in [5, 5.41) is 13.4. The number of benzene rings is 1. The van der Waals surface area contributed by atoms with Crippen LogP contribution in [0, 0.1) is 5.92 Å². The van der Waals surface area contributed by atoms with Crippen molar-refractivity contribution in [3.05, 3.63) is 34.2 Å². The van der Waals surface area contributed by atoms with E-state index in [9.17, 15) is 14.7 Å². The molecule has 2 saturated heterocycles. The molecule has 2 aliphatic heterocycles. The first-order valence-electron chi connectivity index (χ1n) is 11.0. The number of nitrogens with one attached hydrogen (secondary N) is 2. The highest BCUT2D eigenvalue weighted by Crippen LogP contribution is 2.30. The Bertz CT molecular complexity index is 963. The molecule has 3 N–H and O–H groups in total. The summed E-state index contributed by atoms with van der Waals surface area (Å²) in [6, 6.07) is 6.25. The van der Waals surface area contributed by atoms with Crippen molar-refractivity contribution in [1.82, 2.24) is 19.8 Å². The Morgan fingerprint density at radius 2 is 1.90 bits per heavy atom. The molecule has 8 heteroatoms. The summed E-state index contributed by atoms with van der Waals surface area (Å²) in [5.74, 6) is 0.609. The Morgan fingerprint density at radius 1 is 1.10 bits per heavy atom. The molecule has 1 aromatic heterocycles. The minimum Gasteiger partial charge on any atom is -0.393 e. The maximum absolute atomic E-state index is 13.1. The number of H-pyrrole nitrogens is 1. The first-order chi connectivity index (χ1) is 14.1. The summed E-state index contributed by atoms with van der Waals surface area (Å²) in [7, 11) is 0. The van der Waals surface area contributed by atoms with Crippen molar-refractivity contribution in [3.8, 4) is 0 Å². The highest BCUT2D eigenvalue weighted by Gasteiger charge is 2.33. The van der Waals surface area contributed by atoms with E-state index in [0.717, 1.165) is 62.8 Å². The van der Waals surface area contributed by atoms with Gasteiger partial charge in [0.2, 0.25) is 0 Å². The predicted molar refractivity (Wildman–Crippen MR) is 118 cm³/mol. The average molecular weight is 435 g/mol. The smallest absolute Gasteiger partial charge is 0.326 e. The molecule has 5 rings (SSSR count). The zero-order chi connectivity index (χ0) is 20.0. The number of aromatic amines is 1. The van der Waals surface area contributed by atoms with Crippen LogP contribution in [-0.4, -0.2) is 57.2 Å². The quantitative estimate of drug-likeness (QED) is 0.677. The highest BCUT2D eigenvalue weighted by atomic mass is 35.5. The number of halogens is 1. The number of rotatable bonds is 2. The van der Waals surface area contributed by atoms with Crippen LogP contribution < -0.4 is 11.0 Å². The van der Waals surface area contributed by atoms with Gasteiger partial charge in [-0.3, -0.25) is 9.36 Å². The van der Waals surface area contributed by atoms with Crippen molar-refractivity contribution < 1.29 is 9.90 Å². The van der Waals surface area contributed by atoms with Crippen molar-refractivity contribution in [2.45, 2.75) is 63.1 Å². The van der Waals surface area contributed by atoms with Crippen molar-refractivity contribution in [2.24, 2.45) is 5.92 Å². The van der Waals surface area contributed by atoms with Crippen LogP contribution in [-0.2, 0) is 0 Å². The molecule has 3 fully saturated rings. The SMILES string of the molecule is Cl.O=C(c1ccc2c(c1)[nH]c(=O)n2C1CCC(O)CC1)N1CC[C@@H]2NCCC[C@@H]2C1. The number of nitrogens with zero attached hydrogens (tertiary/aromatic N) is 2. The standard InChI is InChI=1S/C22H30N4O3.ClH/c27-17-6-4-16(5-7-17)26-20-8-3-14(12-19(20)24-22(26)29)21(28)25-11-9-18-15(13-25)2-1-10-23-18;/h3,8,12,15-18,23,27H,1-2,4-7,9-11,13H2,(H,24,29);1H/t15-,16?,17?,18+;/m1./s1. The third-order valence-corrected chi connectivity index (χ3v) is 7.17. The van der Waals surface area contributed by atoms with Gasteiger partial charge in [-0.05, 0) is 75.6 Å². The van der Waals surface area contributed by atoms with Gasteiger partial charge in [-0.15, -0.1) is 12.4 Å². The first-order valence-corrected chi connectivity index (χ1v) is 11.0. The molecule has 2 atom stereocenters. The number of hydrogen-bond acceptors (Lipinski definition) is 4. The molecule has 1 amide bonds. The molecule has 1 aliphatic carbocycles. The van der Waals surface area contributed by atoms with Gasteiger partial charge in [0, 0.05) is 30.7 Å². The van der Waals surface area contributed by atoms with E-state index in [-0.39, 0.29) is 36.1 Å². The third-order valence-electron chi connectivity index (χ3n) is 7.17. The van der Waals surface area contributed by atoms with Crippen LogP contribution in [0.5, 0.6) is 0 Å². The summed E-state index contributed by atoms with van der Waals surface area (Å²) in [4.78, 5) is 30.7. The summed E-state index contributed by atoms with van der Waals surface area (Å²) in [5.41, 5.74) is 2.09. The van der Waals surface area contributed by atoms with Gasteiger partial charge < -0.3 is 20.3 Å². The second kappa shape index (κ2) is 8.73. The van der Waals surface area contributed by atoms with Gasteiger partial charge in [0.05, 0.1) is 17.1 Å². The molecule has 2 aromatic rings. The molecule has 7 nitrogen and oxygen atoms in total. The number of likely N-dealkylation sites (tertiary alicyclic amines) is 1. The van der Waals surface area contributed by atoms with E-state index in [1.54, 1.807) is 0 Å². The topological polar surface area (TPSA) is 90.4 Å². The lowest BCUT2D eigenvalue weighted by molar-refractivity contribution is 0.0593. The number of aromatic nitrogens is 2. The number of hydrogen-bond donors (Lipinski definition) is 3. The van der Waals surface area contributed by atoms with Crippen molar-refractivity contribution in [1.29, 1.82) is 0 Å². The fourth-order valence-corrected chi connectivity index (χ4v) is 5.56. The van der Waals surface area contributed by atoms with E-state index in [1.165, 1.54) is 12.8 Å². The molecule has 1 aromatic carbocycles. The van der Waals surface area contributed by atoms with E-state index in [2.05, 4.69) is 10.3 Å². The van der Waals surface area contributed by atoms with Crippen LogP contribution in [0.2, 0.25) is 0 Å². The van der Waals surface area contributed by atoms with E-state index >= 15 is 0 Å². The van der Waals surface area contributed by atoms with Crippen LogP contribution in [0.1, 0.15) is 61.3 Å². The molecule has 0 radical (unpaired) electrons. The van der Waals surface area contributed by atoms with Crippen LogP contribution in [0.25, 0.3) is 11.0 Å². The van der Waals surface area contributed by atoms with Gasteiger partial charge in [0.1, 0.15) is 0 Å². The Hall–Kier alpha value is -1.83. The lowest BCUT2D eigenvalue weighted by atomic mass is 9.85. The summed E-state index contributed by atoms with van der Waals surface area (Å²) in [6.07, 6.45) is 6.20. The number of fused-ring (bicyclic) bond motifs is 2. The monoisotopic (exact) mass is 434 g/mol. The zero-order valence-corrected chi connectivity index (χ0v) is 18.0.